The van der Waals surface area contributed by atoms with E-state index < -0.39 is 0 Å². The van der Waals surface area contributed by atoms with Gasteiger partial charge in [-0.3, -0.25) is 0 Å². The van der Waals surface area contributed by atoms with Crippen molar-refractivity contribution in [2.24, 2.45) is 4.99 Å². The van der Waals surface area contributed by atoms with Gasteiger partial charge in [0.2, 0.25) is 0 Å². The molecule has 1 N–H and O–H groups in total. The molecule has 0 saturated heterocycles. The number of hydrogen-bond donors (Lipinski definition) is 1. The number of rotatable bonds is 1. The van der Waals surface area contributed by atoms with Crippen LogP contribution in [0.2, 0.25) is 0 Å². The van der Waals surface area contributed by atoms with Crippen LogP contribution < -0.4 is 4.72 Å². The van der Waals surface area contributed by atoms with Gasteiger partial charge in [-0.05, 0) is 30.1 Å². The van der Waals surface area contributed by atoms with Crippen molar-refractivity contribution >= 4 is 29.9 Å². The van der Waals surface area contributed by atoms with Crippen molar-refractivity contribution in [3.05, 3.63) is 23.8 Å². The van der Waals surface area contributed by atoms with Crippen LogP contribution in [0.15, 0.2) is 28.1 Å². The van der Waals surface area contributed by atoms with Gasteiger partial charge in [0.25, 0.3) is 0 Å². The van der Waals surface area contributed by atoms with Crippen molar-refractivity contribution in [2.75, 3.05) is 7.11 Å². The second kappa shape index (κ2) is 3.71. The van der Waals surface area contributed by atoms with E-state index in [1.165, 1.54) is 19.1 Å². The Hall–Kier alpha value is -1.49. The number of esters is 1. The van der Waals surface area contributed by atoms with Gasteiger partial charge in [0.15, 0.2) is 0 Å². The van der Waals surface area contributed by atoms with E-state index in [2.05, 4.69) is 14.5 Å². The lowest BCUT2D eigenvalue weighted by molar-refractivity contribution is 0.0600. The van der Waals surface area contributed by atoms with Crippen LogP contribution >= 0.6 is 11.9 Å². The second-order valence-electron chi connectivity index (χ2n) is 2.65. The lowest BCUT2D eigenvalue weighted by atomic mass is 10.2. The smallest absolute Gasteiger partial charge is 0.337 e. The summed E-state index contributed by atoms with van der Waals surface area (Å²) in [4.78, 5) is 16.3. The molecule has 14 heavy (non-hydrogen) atoms. The molecule has 1 aromatic carbocycles. The summed E-state index contributed by atoms with van der Waals surface area (Å²) in [5.41, 5.74) is 1.31. The predicted octanol–water partition coefficient (Wildman–Crippen LogP) is 1.74. The van der Waals surface area contributed by atoms with Crippen molar-refractivity contribution in [2.45, 2.75) is 4.90 Å². The summed E-state index contributed by atoms with van der Waals surface area (Å²) in [5.74, 6) is -0.341. The minimum Gasteiger partial charge on any atom is -0.465 e. The summed E-state index contributed by atoms with van der Waals surface area (Å²) in [7, 11) is 1.36. The molecule has 0 spiro atoms. The SMILES string of the molecule is COC(=O)c1ccc2c(c1)N=CNS2. The maximum absolute atomic E-state index is 11.2. The van der Waals surface area contributed by atoms with E-state index in [9.17, 15) is 4.79 Å². The molecule has 0 saturated carbocycles. The maximum atomic E-state index is 11.2. The van der Waals surface area contributed by atoms with E-state index in [1.54, 1.807) is 18.5 Å². The third kappa shape index (κ3) is 1.58. The highest BCUT2D eigenvalue weighted by molar-refractivity contribution is 7.98. The molecule has 1 aliphatic heterocycles. The van der Waals surface area contributed by atoms with Crippen LogP contribution in [-0.2, 0) is 4.74 Å². The monoisotopic (exact) mass is 208 g/mol. The fourth-order valence-corrected chi connectivity index (χ4v) is 1.72. The van der Waals surface area contributed by atoms with Crippen LogP contribution in [0.5, 0.6) is 0 Å². The number of carbonyl (C=O) groups excluding carboxylic acids is 1. The Bertz CT molecular complexity index is 404. The van der Waals surface area contributed by atoms with E-state index in [-0.39, 0.29) is 5.97 Å². The maximum Gasteiger partial charge on any atom is 0.337 e. The fourth-order valence-electron chi connectivity index (χ4n) is 1.14. The number of hydrogen-bond acceptors (Lipinski definition) is 5. The standard InChI is InChI=1S/C9H8N2O2S/c1-13-9(12)6-2-3-8-7(4-6)10-5-11-14-8/h2-5H,1H3,(H,10,11). The molecule has 0 aliphatic carbocycles. The lowest BCUT2D eigenvalue weighted by Gasteiger charge is -2.10. The molecule has 0 aromatic heterocycles. The number of ether oxygens (including phenoxy) is 1. The number of fused-ring (bicyclic) bond motifs is 1. The summed E-state index contributed by atoms with van der Waals surface area (Å²) in [6, 6.07) is 5.28. The molecule has 0 fully saturated rings. The van der Waals surface area contributed by atoms with Crippen LogP contribution in [0.3, 0.4) is 0 Å². The Morgan fingerprint density at radius 3 is 3.21 bits per heavy atom. The Kier molecular flexibility index (Phi) is 2.41. The molecule has 1 aliphatic rings. The Morgan fingerprint density at radius 2 is 2.43 bits per heavy atom. The average molecular weight is 208 g/mol. The zero-order valence-electron chi connectivity index (χ0n) is 7.48. The van der Waals surface area contributed by atoms with E-state index in [0.29, 0.717) is 5.56 Å². The Morgan fingerprint density at radius 1 is 1.57 bits per heavy atom. The van der Waals surface area contributed by atoms with Crippen molar-refractivity contribution in [3.63, 3.8) is 0 Å². The van der Waals surface area contributed by atoms with Gasteiger partial charge in [0.1, 0.15) is 0 Å². The number of carbonyl (C=O) groups is 1. The molecule has 5 heteroatoms. The van der Waals surface area contributed by atoms with Gasteiger partial charge in [-0.2, -0.15) is 0 Å². The molecule has 2 rings (SSSR count). The van der Waals surface area contributed by atoms with E-state index in [0.717, 1.165) is 10.6 Å². The Labute approximate surface area is 85.5 Å². The van der Waals surface area contributed by atoms with Gasteiger partial charge < -0.3 is 9.46 Å². The van der Waals surface area contributed by atoms with Gasteiger partial charge in [-0.25, -0.2) is 9.79 Å². The molecule has 0 bridgehead atoms. The number of nitrogens with one attached hydrogen (secondary N) is 1. The van der Waals surface area contributed by atoms with Crippen molar-refractivity contribution in [3.8, 4) is 0 Å². The van der Waals surface area contributed by atoms with Crippen LogP contribution in [0.4, 0.5) is 5.69 Å². The number of aliphatic imine (C=N–C) groups is 1. The highest BCUT2D eigenvalue weighted by atomic mass is 32.2. The molecule has 0 unspecified atom stereocenters. The first-order valence-electron chi connectivity index (χ1n) is 3.98. The highest BCUT2D eigenvalue weighted by Gasteiger charge is 2.11. The summed E-state index contributed by atoms with van der Waals surface area (Å²) in [6.45, 7) is 0. The number of nitrogens with zero attached hydrogens (tertiary/aromatic N) is 1. The molecule has 4 nitrogen and oxygen atoms in total. The van der Waals surface area contributed by atoms with E-state index in [4.69, 9.17) is 0 Å². The van der Waals surface area contributed by atoms with Gasteiger partial charge in [-0.15, -0.1) is 0 Å². The van der Waals surface area contributed by atoms with Gasteiger partial charge in [-0.1, -0.05) is 0 Å². The first-order chi connectivity index (χ1) is 6.81. The molecule has 1 heterocycles. The normalized spacial score (nSPS) is 12.9. The van der Waals surface area contributed by atoms with Crippen molar-refractivity contribution < 1.29 is 9.53 Å². The summed E-state index contributed by atoms with van der Waals surface area (Å²) in [6.07, 6.45) is 1.59. The topological polar surface area (TPSA) is 50.7 Å². The van der Waals surface area contributed by atoms with Gasteiger partial charge >= 0.3 is 5.97 Å². The zero-order valence-corrected chi connectivity index (χ0v) is 8.30. The van der Waals surface area contributed by atoms with Crippen LogP contribution in [0.1, 0.15) is 10.4 Å². The lowest BCUT2D eigenvalue weighted by Crippen LogP contribution is -2.05. The molecule has 72 valence electrons. The first-order valence-corrected chi connectivity index (χ1v) is 4.80. The summed E-state index contributed by atoms with van der Waals surface area (Å²) >= 11 is 1.47. The summed E-state index contributed by atoms with van der Waals surface area (Å²) in [5, 5.41) is 0. The largest absolute Gasteiger partial charge is 0.465 e. The zero-order chi connectivity index (χ0) is 9.97. The molecule has 0 atom stereocenters. The number of benzene rings is 1. The first kappa shape index (κ1) is 9.08. The predicted molar refractivity (Wildman–Crippen MR) is 54.9 cm³/mol. The third-order valence-electron chi connectivity index (χ3n) is 1.81. The summed E-state index contributed by atoms with van der Waals surface area (Å²) < 4.78 is 7.53. The van der Waals surface area contributed by atoms with Crippen LogP contribution in [0.25, 0.3) is 0 Å². The minimum absolute atomic E-state index is 0.341. The highest BCUT2D eigenvalue weighted by Crippen LogP contribution is 2.30. The van der Waals surface area contributed by atoms with Crippen LogP contribution in [0, 0.1) is 0 Å². The third-order valence-corrected chi connectivity index (χ3v) is 2.59. The van der Waals surface area contributed by atoms with Crippen LogP contribution in [-0.4, -0.2) is 19.4 Å². The second-order valence-corrected chi connectivity index (χ2v) is 3.53. The van der Waals surface area contributed by atoms with E-state index in [1.807, 2.05) is 6.07 Å². The van der Waals surface area contributed by atoms with Gasteiger partial charge in [0, 0.05) is 0 Å². The van der Waals surface area contributed by atoms with E-state index >= 15 is 0 Å². The quantitative estimate of drug-likeness (QED) is 0.564. The minimum atomic E-state index is -0.341. The molecule has 0 amide bonds. The molecular weight excluding hydrogens is 200 g/mol. The van der Waals surface area contributed by atoms with Crippen molar-refractivity contribution in [1.82, 2.24) is 4.72 Å². The average Bonchev–Trinajstić information content (AvgIpc) is 2.27. The fraction of sp³-hybridized carbons (Fsp3) is 0.111. The van der Waals surface area contributed by atoms with Crippen molar-refractivity contribution in [1.29, 1.82) is 0 Å². The molecule has 0 radical (unpaired) electrons. The van der Waals surface area contributed by atoms with Gasteiger partial charge in [0.05, 0.1) is 29.6 Å². The molecule has 1 aromatic rings. The number of methoxy groups -OCH3 is 1. The molecular formula is C9H8N2O2S. The Balaban J connectivity index is 2.40.